The lowest BCUT2D eigenvalue weighted by Gasteiger charge is -2.38. The first-order valence-corrected chi connectivity index (χ1v) is 13.6. The molecule has 1 saturated heterocycles. The molecule has 2 amide bonds. The number of aryl methyl sites for hydroxylation is 2. The van der Waals surface area contributed by atoms with Crippen LogP contribution in [0, 0.1) is 26.7 Å². The van der Waals surface area contributed by atoms with Gasteiger partial charge in [0.25, 0.3) is 0 Å². The highest BCUT2D eigenvalue weighted by Gasteiger charge is 2.45. The summed E-state index contributed by atoms with van der Waals surface area (Å²) in [5.74, 6) is -1.88. The average molecular weight is 491 g/mol. The van der Waals surface area contributed by atoms with E-state index in [0.29, 0.717) is 0 Å². The van der Waals surface area contributed by atoms with E-state index < -0.39 is 45.6 Å². The van der Waals surface area contributed by atoms with Crippen LogP contribution >= 0.6 is 11.8 Å². The summed E-state index contributed by atoms with van der Waals surface area (Å²) in [6.45, 7) is 7.52. The molecule has 0 aliphatic carbocycles. The van der Waals surface area contributed by atoms with Gasteiger partial charge in [0.15, 0.2) is 9.84 Å². The van der Waals surface area contributed by atoms with Gasteiger partial charge in [-0.1, -0.05) is 12.1 Å². The van der Waals surface area contributed by atoms with E-state index >= 15 is 0 Å². The van der Waals surface area contributed by atoms with Crippen molar-refractivity contribution < 1.29 is 22.7 Å². The number of sulfone groups is 1. The van der Waals surface area contributed by atoms with Gasteiger partial charge >= 0.3 is 12.0 Å². The van der Waals surface area contributed by atoms with Crippen LogP contribution in [0.4, 0.5) is 4.79 Å². The zero-order valence-electron chi connectivity index (χ0n) is 19.5. The molecule has 9 heteroatoms. The van der Waals surface area contributed by atoms with Crippen molar-refractivity contribution in [3.05, 3.63) is 58.7 Å². The molecular formula is C24H30N2O5S2. The minimum Gasteiger partial charge on any atom is -0.466 e. The van der Waals surface area contributed by atoms with Gasteiger partial charge < -0.3 is 15.4 Å². The monoisotopic (exact) mass is 490 g/mol. The second kappa shape index (κ2) is 10.2. The topological polar surface area (TPSA) is 102 Å². The van der Waals surface area contributed by atoms with Crippen molar-refractivity contribution in [3.63, 3.8) is 0 Å². The standard InChI is InChI=1S/C24H30N2O5S2/c1-6-31-23(27)21-20(13-33(29,30)19-10-14(2)16(4)15(3)11-19)25-24(28)26-22(21)17-8-7-9-18(12-17)32-5/h7-12,20-22H,6,13H2,1-5H3,(H2,25,26,28). The van der Waals surface area contributed by atoms with E-state index in [4.69, 9.17) is 4.74 Å². The Morgan fingerprint density at radius 1 is 1.09 bits per heavy atom. The van der Waals surface area contributed by atoms with E-state index in [1.807, 2.05) is 51.3 Å². The summed E-state index contributed by atoms with van der Waals surface area (Å²) in [7, 11) is -3.80. The van der Waals surface area contributed by atoms with Crippen LogP contribution in [0.25, 0.3) is 0 Å². The van der Waals surface area contributed by atoms with Crippen LogP contribution in [0.1, 0.15) is 35.2 Å². The number of carbonyl (C=O) groups excluding carboxylic acids is 2. The summed E-state index contributed by atoms with van der Waals surface area (Å²) in [4.78, 5) is 26.7. The van der Waals surface area contributed by atoms with Crippen LogP contribution < -0.4 is 10.6 Å². The lowest BCUT2D eigenvalue weighted by molar-refractivity contribution is -0.150. The molecule has 0 spiro atoms. The molecule has 3 unspecified atom stereocenters. The SMILES string of the molecule is CCOC(=O)C1C(CS(=O)(=O)c2cc(C)c(C)c(C)c2)NC(=O)NC1c1cccc(SC)c1. The Balaban J connectivity index is 2.02. The van der Waals surface area contributed by atoms with Gasteiger partial charge in [0.1, 0.15) is 5.92 Å². The van der Waals surface area contributed by atoms with Gasteiger partial charge in [0.2, 0.25) is 0 Å². The number of nitrogens with one attached hydrogen (secondary N) is 2. The molecular weight excluding hydrogens is 460 g/mol. The smallest absolute Gasteiger partial charge is 0.315 e. The molecule has 2 aromatic carbocycles. The maximum atomic E-state index is 13.4. The third-order valence-corrected chi connectivity index (χ3v) is 8.54. The summed E-state index contributed by atoms with van der Waals surface area (Å²) in [6.07, 6.45) is 1.93. The van der Waals surface area contributed by atoms with E-state index in [9.17, 15) is 18.0 Å². The third kappa shape index (κ3) is 5.52. The molecule has 7 nitrogen and oxygen atoms in total. The molecule has 0 aromatic heterocycles. The molecule has 2 aromatic rings. The van der Waals surface area contributed by atoms with Crippen molar-refractivity contribution in [3.8, 4) is 0 Å². The Labute approximate surface area is 199 Å². The van der Waals surface area contributed by atoms with Gasteiger partial charge in [-0.15, -0.1) is 11.8 Å². The maximum Gasteiger partial charge on any atom is 0.315 e. The molecule has 1 fully saturated rings. The van der Waals surface area contributed by atoms with Crippen LogP contribution in [-0.4, -0.2) is 45.1 Å². The molecule has 3 atom stereocenters. The number of thioether (sulfide) groups is 1. The quantitative estimate of drug-likeness (QED) is 0.453. The van der Waals surface area contributed by atoms with Gasteiger partial charge in [-0.05, 0) is 80.5 Å². The zero-order chi connectivity index (χ0) is 24.3. The second-order valence-corrected chi connectivity index (χ2v) is 11.1. The summed E-state index contributed by atoms with van der Waals surface area (Å²) in [5.41, 5.74) is 3.50. The first-order chi connectivity index (χ1) is 15.6. The Kier molecular flexibility index (Phi) is 7.74. The number of hydrogen-bond donors (Lipinski definition) is 2. The zero-order valence-corrected chi connectivity index (χ0v) is 21.1. The van der Waals surface area contributed by atoms with Gasteiger partial charge in [-0.25, -0.2) is 13.2 Å². The number of hydrogen-bond acceptors (Lipinski definition) is 6. The number of urea groups is 1. The minimum atomic E-state index is -3.80. The molecule has 1 aliphatic rings. The summed E-state index contributed by atoms with van der Waals surface area (Å²) in [6, 6.07) is 8.58. The predicted molar refractivity (Wildman–Crippen MR) is 129 cm³/mol. The third-order valence-electron chi connectivity index (χ3n) is 6.07. The number of rotatable bonds is 7. The highest BCUT2D eigenvalue weighted by atomic mass is 32.2. The fraction of sp³-hybridized carbons (Fsp3) is 0.417. The van der Waals surface area contributed by atoms with Crippen LogP contribution in [0.2, 0.25) is 0 Å². The van der Waals surface area contributed by atoms with Crippen molar-refractivity contribution in [1.82, 2.24) is 10.6 Å². The average Bonchev–Trinajstić information content (AvgIpc) is 2.76. The van der Waals surface area contributed by atoms with Crippen molar-refractivity contribution >= 4 is 33.6 Å². The van der Waals surface area contributed by atoms with Crippen molar-refractivity contribution in [2.24, 2.45) is 5.92 Å². The fourth-order valence-corrected chi connectivity index (χ4v) is 6.22. The first kappa shape index (κ1) is 25.1. The normalized spacial score (nSPS) is 20.6. The minimum absolute atomic E-state index is 0.149. The molecule has 0 bridgehead atoms. The Morgan fingerprint density at radius 2 is 1.76 bits per heavy atom. The fourth-order valence-electron chi connectivity index (χ4n) is 4.08. The molecule has 1 heterocycles. The van der Waals surface area contributed by atoms with E-state index in [1.165, 1.54) is 11.8 Å². The van der Waals surface area contributed by atoms with E-state index in [2.05, 4.69) is 10.6 Å². The summed E-state index contributed by atoms with van der Waals surface area (Å²) < 4.78 is 32.0. The molecule has 0 saturated carbocycles. The van der Waals surface area contributed by atoms with Crippen LogP contribution in [0.3, 0.4) is 0 Å². The van der Waals surface area contributed by atoms with Crippen molar-refractivity contribution in [2.45, 2.75) is 49.6 Å². The lowest BCUT2D eigenvalue weighted by Crippen LogP contribution is -2.60. The molecule has 178 valence electrons. The van der Waals surface area contributed by atoms with E-state index in [0.717, 1.165) is 27.1 Å². The van der Waals surface area contributed by atoms with Crippen molar-refractivity contribution in [1.29, 1.82) is 0 Å². The van der Waals surface area contributed by atoms with Crippen LogP contribution in [0.5, 0.6) is 0 Å². The molecule has 0 radical (unpaired) electrons. The van der Waals surface area contributed by atoms with Crippen molar-refractivity contribution in [2.75, 3.05) is 18.6 Å². The van der Waals surface area contributed by atoms with Crippen LogP contribution in [0.15, 0.2) is 46.2 Å². The molecule has 1 aliphatic heterocycles. The van der Waals surface area contributed by atoms with Gasteiger partial charge in [0, 0.05) is 4.90 Å². The molecule has 33 heavy (non-hydrogen) atoms. The van der Waals surface area contributed by atoms with Gasteiger partial charge in [-0.2, -0.15) is 0 Å². The summed E-state index contributed by atoms with van der Waals surface area (Å²) in [5, 5.41) is 5.46. The van der Waals surface area contributed by atoms with E-state index in [-0.39, 0.29) is 11.5 Å². The first-order valence-electron chi connectivity index (χ1n) is 10.8. The van der Waals surface area contributed by atoms with Gasteiger partial charge in [-0.3, -0.25) is 4.79 Å². The Bertz CT molecular complexity index is 1140. The highest BCUT2D eigenvalue weighted by molar-refractivity contribution is 7.98. The number of benzene rings is 2. The predicted octanol–water partition coefficient (Wildman–Crippen LogP) is 3.71. The lowest BCUT2D eigenvalue weighted by atomic mass is 9.86. The Hall–Kier alpha value is -2.52. The summed E-state index contributed by atoms with van der Waals surface area (Å²) >= 11 is 1.54. The van der Waals surface area contributed by atoms with E-state index in [1.54, 1.807) is 19.1 Å². The number of amides is 2. The van der Waals surface area contributed by atoms with Gasteiger partial charge in [0.05, 0.1) is 29.3 Å². The second-order valence-electron chi connectivity index (χ2n) is 8.22. The number of esters is 1. The molecule has 2 N–H and O–H groups in total. The number of ether oxygens (including phenoxy) is 1. The Morgan fingerprint density at radius 3 is 2.36 bits per heavy atom. The van der Waals surface area contributed by atoms with Crippen LogP contribution in [-0.2, 0) is 19.4 Å². The molecule has 3 rings (SSSR count). The largest absolute Gasteiger partial charge is 0.466 e. The number of carbonyl (C=O) groups is 2. The maximum absolute atomic E-state index is 13.4. The highest BCUT2D eigenvalue weighted by Crippen LogP contribution is 2.32.